The van der Waals surface area contributed by atoms with Crippen LogP contribution in [0.2, 0.25) is 0 Å². The minimum atomic E-state index is 0.192. The summed E-state index contributed by atoms with van der Waals surface area (Å²) in [5.41, 5.74) is 9.52. The van der Waals surface area contributed by atoms with E-state index in [1.165, 1.54) is 71.0 Å². The average molecular weight is 618 g/mol. The highest BCUT2D eigenvalue weighted by atomic mass is 16.3. The molecule has 230 valence electrons. The molecule has 1 unspecified atom stereocenters. The lowest BCUT2D eigenvalue weighted by Gasteiger charge is -2.19. The summed E-state index contributed by atoms with van der Waals surface area (Å²) in [6.07, 6.45) is 5.44. The topological polar surface area (TPSA) is 18.1 Å². The van der Waals surface area contributed by atoms with Crippen LogP contribution in [0.15, 0.2) is 156 Å². The van der Waals surface area contributed by atoms with E-state index >= 15 is 0 Å². The summed E-state index contributed by atoms with van der Waals surface area (Å²) in [5.74, 6) is 1.26. The van der Waals surface area contributed by atoms with Crippen molar-refractivity contribution in [2.24, 2.45) is 0 Å². The van der Waals surface area contributed by atoms with E-state index in [4.69, 9.17) is 4.42 Å². The van der Waals surface area contributed by atoms with Crippen molar-refractivity contribution in [2.75, 3.05) is 0 Å². The van der Waals surface area contributed by atoms with Crippen LogP contribution in [-0.2, 0) is 0 Å². The third-order valence-electron chi connectivity index (χ3n) is 9.94. The molecule has 2 heteroatoms. The van der Waals surface area contributed by atoms with Gasteiger partial charge in [-0.15, -0.1) is 0 Å². The second kappa shape index (κ2) is 11.4. The Labute approximate surface area is 280 Å². The Morgan fingerprint density at radius 3 is 2.06 bits per heavy atom. The molecule has 0 radical (unpaired) electrons. The number of aromatic nitrogens is 1. The molecule has 48 heavy (non-hydrogen) atoms. The maximum Gasteiger partial charge on any atom is 0.134 e. The number of hydrogen-bond donors (Lipinski definition) is 0. The first-order valence-corrected chi connectivity index (χ1v) is 17.0. The van der Waals surface area contributed by atoms with E-state index in [0.717, 1.165) is 23.5 Å². The molecule has 1 atom stereocenters. The molecule has 0 aliphatic heterocycles. The molecule has 0 saturated carbocycles. The van der Waals surface area contributed by atoms with Crippen molar-refractivity contribution in [3.63, 3.8) is 0 Å². The smallest absolute Gasteiger partial charge is 0.134 e. The van der Waals surface area contributed by atoms with Crippen LogP contribution in [0.4, 0.5) is 0 Å². The minimum absolute atomic E-state index is 0.192. The van der Waals surface area contributed by atoms with Crippen molar-refractivity contribution >= 4 is 60.4 Å². The van der Waals surface area contributed by atoms with Crippen LogP contribution in [0.5, 0.6) is 0 Å². The number of benzene rings is 7. The van der Waals surface area contributed by atoms with Gasteiger partial charge < -0.3 is 8.98 Å². The van der Waals surface area contributed by atoms with Gasteiger partial charge in [0.25, 0.3) is 0 Å². The summed E-state index contributed by atoms with van der Waals surface area (Å²) in [7, 11) is 0. The van der Waals surface area contributed by atoms with Crippen LogP contribution in [0.1, 0.15) is 43.1 Å². The summed E-state index contributed by atoms with van der Waals surface area (Å²) in [4.78, 5) is 0. The Bertz CT molecular complexity index is 2650. The first-order chi connectivity index (χ1) is 23.8. The normalized spacial score (nSPS) is 14.1. The van der Waals surface area contributed by atoms with Gasteiger partial charge in [0.15, 0.2) is 0 Å². The lowest BCUT2D eigenvalue weighted by molar-refractivity contribution is 0.516. The second-order valence-electron chi connectivity index (χ2n) is 12.4. The van der Waals surface area contributed by atoms with Crippen LogP contribution in [0.3, 0.4) is 0 Å². The van der Waals surface area contributed by atoms with Gasteiger partial charge in [-0.25, -0.2) is 0 Å². The molecular weight excluding hydrogens is 583 g/mol. The van der Waals surface area contributed by atoms with Crippen LogP contribution in [0, 0.1) is 0 Å². The lowest BCUT2D eigenvalue weighted by atomic mass is 9.87. The molecule has 1 aliphatic carbocycles. The molecule has 0 bridgehead atoms. The van der Waals surface area contributed by atoms with Gasteiger partial charge in [0.05, 0.1) is 11.0 Å². The molecular formula is C46H35NO. The second-order valence-corrected chi connectivity index (χ2v) is 12.4. The Morgan fingerprint density at radius 2 is 1.25 bits per heavy atom. The molecule has 2 aromatic heterocycles. The molecule has 0 fully saturated rings. The minimum Gasteiger partial charge on any atom is -0.460 e. The zero-order valence-corrected chi connectivity index (χ0v) is 27.2. The molecule has 0 saturated heterocycles. The monoisotopic (exact) mass is 617 g/mol. The molecule has 0 N–H and O–H groups in total. The summed E-state index contributed by atoms with van der Waals surface area (Å²) in [6.45, 7) is 4.00. The number of fused-ring (bicyclic) bond motifs is 10. The quantitative estimate of drug-likeness (QED) is 0.193. The Hall–Kier alpha value is -5.86. The predicted octanol–water partition coefficient (Wildman–Crippen LogP) is 13.1. The highest BCUT2D eigenvalue weighted by Gasteiger charge is 2.26. The van der Waals surface area contributed by atoms with E-state index in [0.29, 0.717) is 0 Å². The van der Waals surface area contributed by atoms with Crippen molar-refractivity contribution in [1.29, 1.82) is 0 Å². The van der Waals surface area contributed by atoms with Crippen molar-refractivity contribution in [2.45, 2.75) is 26.2 Å². The molecule has 0 amide bonds. The molecule has 9 aromatic rings. The fourth-order valence-electron chi connectivity index (χ4n) is 7.86. The maximum atomic E-state index is 6.46. The van der Waals surface area contributed by atoms with E-state index in [2.05, 4.69) is 156 Å². The number of rotatable bonds is 3. The fraction of sp³-hybridized carbons (Fsp3) is 0.0870. The first-order valence-electron chi connectivity index (χ1n) is 17.0. The van der Waals surface area contributed by atoms with Crippen LogP contribution >= 0.6 is 0 Å². The van der Waals surface area contributed by atoms with Gasteiger partial charge in [-0.3, -0.25) is 0 Å². The van der Waals surface area contributed by atoms with Crippen molar-refractivity contribution in [3.8, 4) is 16.8 Å². The average Bonchev–Trinajstić information content (AvgIpc) is 3.72. The van der Waals surface area contributed by atoms with Crippen molar-refractivity contribution in [1.82, 2.24) is 4.57 Å². The summed E-state index contributed by atoms with van der Waals surface area (Å²) in [6, 6.07) is 53.0. The van der Waals surface area contributed by atoms with E-state index in [-0.39, 0.29) is 5.92 Å². The SMILES string of the molecule is C1=Cc2c(oc3ccccc23)C(c2ccc(-n3c4ccc5ccccc5c4c4c5ccccc5c(-c5ccccc5)cc43)cc2)C1.CC. The number of nitrogens with zero attached hydrogens (tertiary/aromatic N) is 1. The predicted molar refractivity (Wildman–Crippen MR) is 204 cm³/mol. The number of hydrogen-bond acceptors (Lipinski definition) is 1. The van der Waals surface area contributed by atoms with E-state index < -0.39 is 0 Å². The largest absolute Gasteiger partial charge is 0.460 e. The highest BCUT2D eigenvalue weighted by molar-refractivity contribution is 6.30. The van der Waals surface area contributed by atoms with Gasteiger partial charge in [-0.2, -0.15) is 0 Å². The highest BCUT2D eigenvalue weighted by Crippen LogP contribution is 2.45. The van der Waals surface area contributed by atoms with Crippen molar-refractivity contribution in [3.05, 3.63) is 169 Å². The van der Waals surface area contributed by atoms with Gasteiger partial charge in [0.2, 0.25) is 0 Å². The molecule has 1 aliphatic rings. The summed E-state index contributed by atoms with van der Waals surface area (Å²) in [5, 5.41) is 8.89. The van der Waals surface area contributed by atoms with Gasteiger partial charge in [-0.05, 0) is 75.0 Å². The zero-order chi connectivity index (χ0) is 32.2. The van der Waals surface area contributed by atoms with Gasteiger partial charge >= 0.3 is 0 Å². The summed E-state index contributed by atoms with van der Waals surface area (Å²) < 4.78 is 8.92. The summed E-state index contributed by atoms with van der Waals surface area (Å²) >= 11 is 0. The van der Waals surface area contributed by atoms with Gasteiger partial charge in [0.1, 0.15) is 11.3 Å². The fourth-order valence-corrected chi connectivity index (χ4v) is 7.86. The molecule has 2 nitrogen and oxygen atoms in total. The maximum absolute atomic E-state index is 6.46. The Balaban J connectivity index is 0.00000154. The van der Waals surface area contributed by atoms with E-state index in [1.807, 2.05) is 19.9 Å². The number of para-hydroxylation sites is 1. The lowest BCUT2D eigenvalue weighted by Crippen LogP contribution is -2.04. The molecule has 0 spiro atoms. The van der Waals surface area contributed by atoms with E-state index in [1.54, 1.807) is 0 Å². The molecule has 7 aromatic carbocycles. The van der Waals surface area contributed by atoms with Gasteiger partial charge in [-0.1, -0.05) is 141 Å². The first kappa shape index (κ1) is 28.4. The number of furan rings is 1. The molecule has 2 heterocycles. The van der Waals surface area contributed by atoms with Crippen molar-refractivity contribution < 1.29 is 4.42 Å². The number of allylic oxidation sites excluding steroid dienone is 1. The van der Waals surface area contributed by atoms with Gasteiger partial charge in [0, 0.05) is 33.3 Å². The van der Waals surface area contributed by atoms with Crippen LogP contribution in [-0.4, -0.2) is 4.57 Å². The Morgan fingerprint density at radius 1 is 0.583 bits per heavy atom. The van der Waals surface area contributed by atoms with Crippen LogP contribution in [0.25, 0.3) is 77.2 Å². The standard InChI is InChI=1S/C44H29NO.C2H6/c1-2-11-28(12-3-1)38-27-40-43(36-17-7-6-15-34(36)38)42-32-14-5-4-13-29(32)23-26-39(42)45(40)31-24-21-30(22-25-31)33-18-10-19-37-35-16-8-9-20-41(35)46-44(33)37;1-2/h1-17,19-27,33H,18H2;1-2H3. The molecule has 10 rings (SSSR count). The van der Waals surface area contributed by atoms with E-state index in [9.17, 15) is 0 Å². The third-order valence-corrected chi connectivity index (χ3v) is 9.94. The zero-order valence-electron chi connectivity index (χ0n) is 27.2. The van der Waals surface area contributed by atoms with Crippen LogP contribution < -0.4 is 0 Å². The Kier molecular flexibility index (Phi) is 6.76. The third kappa shape index (κ3) is 4.26.